The molecule has 4 rings (SSSR count). The minimum Gasteiger partial charge on any atom is -0.493 e. The zero-order valence-corrected chi connectivity index (χ0v) is 15.7. The van der Waals surface area contributed by atoms with Crippen molar-refractivity contribution in [2.75, 3.05) is 14.2 Å². The van der Waals surface area contributed by atoms with Gasteiger partial charge in [0.2, 0.25) is 0 Å². The highest BCUT2D eigenvalue weighted by molar-refractivity contribution is 7.21. The normalized spacial score (nSPS) is 10.7. The van der Waals surface area contributed by atoms with Crippen LogP contribution in [0.25, 0.3) is 20.8 Å². The molecule has 0 radical (unpaired) electrons. The van der Waals surface area contributed by atoms with Crippen molar-refractivity contribution in [1.82, 2.24) is 4.98 Å². The van der Waals surface area contributed by atoms with Crippen molar-refractivity contribution >= 4 is 27.3 Å². The molecule has 0 fully saturated rings. The van der Waals surface area contributed by atoms with Crippen molar-refractivity contribution in [2.24, 2.45) is 0 Å². The molecule has 4 aromatic rings. The van der Waals surface area contributed by atoms with Crippen molar-refractivity contribution in [1.29, 1.82) is 0 Å². The summed E-state index contributed by atoms with van der Waals surface area (Å²) in [5.74, 6) is 1.00. The number of benzene rings is 3. The first-order valence-electron chi connectivity index (χ1n) is 8.43. The van der Waals surface area contributed by atoms with E-state index in [1.807, 2.05) is 48.5 Å². The molecule has 0 unspecified atom stereocenters. The van der Waals surface area contributed by atoms with E-state index in [1.165, 1.54) is 0 Å². The van der Waals surface area contributed by atoms with Crippen LogP contribution in [0.5, 0.6) is 11.5 Å². The third-order valence-corrected chi connectivity index (χ3v) is 5.40. The quantitative estimate of drug-likeness (QED) is 0.449. The van der Waals surface area contributed by atoms with Gasteiger partial charge in [0.05, 0.1) is 24.4 Å². The molecular formula is C22H17NO3S. The Morgan fingerprint density at radius 3 is 2.26 bits per heavy atom. The van der Waals surface area contributed by atoms with Crippen molar-refractivity contribution in [2.45, 2.75) is 0 Å². The Kier molecular flexibility index (Phi) is 4.60. The number of ether oxygens (including phenoxy) is 2. The SMILES string of the molecule is COc1cc(C(=O)c2ccccc2)c(-c2nc3ccccc3s2)cc1OC. The first-order valence-corrected chi connectivity index (χ1v) is 9.24. The number of fused-ring (bicyclic) bond motifs is 1. The second-order valence-electron chi connectivity index (χ2n) is 5.93. The highest BCUT2D eigenvalue weighted by atomic mass is 32.1. The molecule has 1 aromatic heterocycles. The van der Waals surface area contributed by atoms with E-state index in [0.717, 1.165) is 20.8 Å². The number of para-hydroxylation sites is 1. The average molecular weight is 375 g/mol. The Labute approximate surface area is 161 Å². The Hall–Kier alpha value is -3.18. The Morgan fingerprint density at radius 2 is 1.56 bits per heavy atom. The van der Waals surface area contributed by atoms with Gasteiger partial charge in [0.1, 0.15) is 5.01 Å². The van der Waals surface area contributed by atoms with Crippen LogP contribution < -0.4 is 9.47 Å². The molecule has 0 aliphatic heterocycles. The van der Waals surface area contributed by atoms with Gasteiger partial charge in [-0.2, -0.15) is 0 Å². The van der Waals surface area contributed by atoms with Crippen molar-refractivity contribution in [3.8, 4) is 22.1 Å². The summed E-state index contributed by atoms with van der Waals surface area (Å²) in [7, 11) is 3.14. The van der Waals surface area contributed by atoms with Crippen LogP contribution in [0.2, 0.25) is 0 Å². The monoisotopic (exact) mass is 375 g/mol. The molecule has 0 bridgehead atoms. The lowest BCUT2D eigenvalue weighted by Gasteiger charge is -2.13. The van der Waals surface area contributed by atoms with Crippen LogP contribution in [-0.2, 0) is 0 Å². The van der Waals surface area contributed by atoms with Crippen LogP contribution >= 0.6 is 11.3 Å². The van der Waals surface area contributed by atoms with Gasteiger partial charge in [-0.1, -0.05) is 42.5 Å². The summed E-state index contributed by atoms with van der Waals surface area (Å²) < 4.78 is 11.9. The van der Waals surface area contributed by atoms with Gasteiger partial charge in [0.15, 0.2) is 17.3 Å². The number of rotatable bonds is 5. The van der Waals surface area contributed by atoms with Crippen molar-refractivity contribution < 1.29 is 14.3 Å². The number of thiazole rings is 1. The van der Waals surface area contributed by atoms with Crippen LogP contribution in [0.4, 0.5) is 0 Å². The van der Waals surface area contributed by atoms with Gasteiger partial charge in [-0.15, -0.1) is 11.3 Å². The summed E-state index contributed by atoms with van der Waals surface area (Å²) in [5.41, 5.74) is 2.80. The van der Waals surface area contributed by atoms with E-state index in [-0.39, 0.29) is 5.78 Å². The molecule has 3 aromatic carbocycles. The topological polar surface area (TPSA) is 48.4 Å². The number of hydrogen-bond donors (Lipinski definition) is 0. The lowest BCUT2D eigenvalue weighted by molar-refractivity contribution is 0.103. The molecule has 5 heteroatoms. The van der Waals surface area contributed by atoms with Gasteiger partial charge in [-0.05, 0) is 24.3 Å². The molecule has 0 atom stereocenters. The first-order chi connectivity index (χ1) is 13.2. The van der Waals surface area contributed by atoms with Crippen LogP contribution in [0, 0.1) is 0 Å². The number of aromatic nitrogens is 1. The summed E-state index contributed by atoms with van der Waals surface area (Å²) in [6.07, 6.45) is 0. The second-order valence-corrected chi connectivity index (χ2v) is 6.97. The van der Waals surface area contributed by atoms with Gasteiger partial charge < -0.3 is 9.47 Å². The fraction of sp³-hybridized carbons (Fsp3) is 0.0909. The molecular weight excluding hydrogens is 358 g/mol. The van der Waals surface area contributed by atoms with E-state index in [1.54, 1.807) is 43.8 Å². The van der Waals surface area contributed by atoms with E-state index in [0.29, 0.717) is 22.6 Å². The van der Waals surface area contributed by atoms with E-state index in [9.17, 15) is 4.79 Å². The van der Waals surface area contributed by atoms with Crippen LogP contribution in [-0.4, -0.2) is 25.0 Å². The van der Waals surface area contributed by atoms with Gasteiger partial charge in [0.25, 0.3) is 0 Å². The maximum atomic E-state index is 13.2. The summed E-state index contributed by atoms with van der Waals surface area (Å²) in [4.78, 5) is 17.9. The van der Waals surface area contributed by atoms with E-state index in [4.69, 9.17) is 14.5 Å². The Bertz CT molecular complexity index is 1090. The zero-order valence-electron chi connectivity index (χ0n) is 14.9. The first kappa shape index (κ1) is 17.2. The number of hydrogen-bond acceptors (Lipinski definition) is 5. The molecule has 0 saturated carbocycles. The second kappa shape index (κ2) is 7.21. The van der Waals surface area contributed by atoms with Gasteiger partial charge in [-0.25, -0.2) is 4.98 Å². The lowest BCUT2D eigenvalue weighted by atomic mass is 9.97. The zero-order chi connectivity index (χ0) is 18.8. The lowest BCUT2D eigenvalue weighted by Crippen LogP contribution is -2.05. The molecule has 134 valence electrons. The Balaban J connectivity index is 1.94. The molecule has 4 nitrogen and oxygen atoms in total. The predicted molar refractivity (Wildman–Crippen MR) is 108 cm³/mol. The van der Waals surface area contributed by atoms with Gasteiger partial charge >= 0.3 is 0 Å². The maximum Gasteiger partial charge on any atom is 0.193 e. The standard InChI is InChI=1S/C22H17NO3S/c1-25-18-12-15(21(24)14-8-4-3-5-9-14)16(13-19(18)26-2)22-23-17-10-6-7-11-20(17)27-22/h3-13H,1-2H3. The van der Waals surface area contributed by atoms with Gasteiger partial charge in [0, 0.05) is 16.7 Å². The molecule has 27 heavy (non-hydrogen) atoms. The molecule has 0 aliphatic carbocycles. The van der Waals surface area contributed by atoms with E-state index < -0.39 is 0 Å². The number of ketones is 1. The smallest absolute Gasteiger partial charge is 0.193 e. The molecule has 0 spiro atoms. The molecule has 0 saturated heterocycles. The van der Waals surface area contributed by atoms with Gasteiger partial charge in [-0.3, -0.25) is 4.79 Å². The third-order valence-electron chi connectivity index (χ3n) is 4.33. The molecule has 0 amide bonds. The Morgan fingerprint density at radius 1 is 0.889 bits per heavy atom. The minimum absolute atomic E-state index is 0.0780. The maximum absolute atomic E-state index is 13.2. The number of nitrogens with zero attached hydrogens (tertiary/aromatic N) is 1. The molecule has 0 aliphatic rings. The largest absolute Gasteiger partial charge is 0.493 e. The van der Waals surface area contributed by atoms with Crippen LogP contribution in [0.3, 0.4) is 0 Å². The number of methoxy groups -OCH3 is 2. The fourth-order valence-electron chi connectivity index (χ4n) is 2.98. The molecule has 1 heterocycles. The highest BCUT2D eigenvalue weighted by Gasteiger charge is 2.21. The molecule has 0 N–H and O–H groups in total. The summed E-state index contributed by atoms with van der Waals surface area (Å²) in [6, 6.07) is 20.7. The van der Waals surface area contributed by atoms with Crippen LogP contribution in [0.1, 0.15) is 15.9 Å². The summed E-state index contributed by atoms with van der Waals surface area (Å²) in [5, 5.41) is 0.774. The van der Waals surface area contributed by atoms with Crippen LogP contribution in [0.15, 0.2) is 66.7 Å². The van der Waals surface area contributed by atoms with E-state index in [2.05, 4.69) is 0 Å². The number of carbonyl (C=O) groups excluding carboxylic acids is 1. The fourth-order valence-corrected chi connectivity index (χ4v) is 3.97. The minimum atomic E-state index is -0.0780. The van der Waals surface area contributed by atoms with Crippen molar-refractivity contribution in [3.63, 3.8) is 0 Å². The number of carbonyl (C=O) groups is 1. The predicted octanol–water partition coefficient (Wildman–Crippen LogP) is 5.21. The summed E-state index contributed by atoms with van der Waals surface area (Å²) >= 11 is 1.55. The summed E-state index contributed by atoms with van der Waals surface area (Å²) in [6.45, 7) is 0. The average Bonchev–Trinajstić information content (AvgIpc) is 3.17. The highest BCUT2D eigenvalue weighted by Crippen LogP contribution is 2.39. The van der Waals surface area contributed by atoms with E-state index >= 15 is 0 Å². The third kappa shape index (κ3) is 3.17. The van der Waals surface area contributed by atoms with Crippen molar-refractivity contribution in [3.05, 3.63) is 77.9 Å².